The number of ether oxygens (including phenoxy) is 2. The van der Waals surface area contributed by atoms with Crippen LogP contribution in [0.15, 0.2) is 18.2 Å². The lowest BCUT2D eigenvalue weighted by Gasteiger charge is -2.06. The first-order chi connectivity index (χ1) is 7.67. The normalized spacial score (nSPS) is 9.94. The number of nitrogens with one attached hydrogen (secondary N) is 1. The van der Waals surface area contributed by atoms with E-state index in [1.165, 1.54) is 20.3 Å². The second-order valence-corrected chi connectivity index (χ2v) is 3.15. The number of carbonyl (C=O) groups is 1. The summed E-state index contributed by atoms with van der Waals surface area (Å²) < 4.78 is 22.5. The summed E-state index contributed by atoms with van der Waals surface area (Å²) in [5, 5.41) is 2.84. The molecule has 0 aromatic heterocycles. The second-order valence-electron chi connectivity index (χ2n) is 3.15. The molecule has 5 heteroatoms. The number of methoxy groups -OCH3 is 2. The third-order valence-electron chi connectivity index (χ3n) is 2.04. The van der Waals surface area contributed by atoms with Crippen LogP contribution in [-0.2, 0) is 16.1 Å². The molecule has 88 valence electrons. The Kier molecular flexibility index (Phi) is 4.72. The lowest BCUT2D eigenvalue weighted by Crippen LogP contribution is -2.23. The quantitative estimate of drug-likeness (QED) is 0.765. The molecule has 16 heavy (non-hydrogen) atoms. The zero-order valence-corrected chi connectivity index (χ0v) is 9.25. The maximum atomic E-state index is 13.3. The number of esters is 1. The molecule has 1 aromatic rings. The van der Waals surface area contributed by atoms with Gasteiger partial charge in [0.15, 0.2) is 11.6 Å². The molecule has 1 aromatic carbocycles. The molecule has 0 heterocycles. The Labute approximate surface area is 93.4 Å². The second kappa shape index (κ2) is 6.07. The summed E-state index contributed by atoms with van der Waals surface area (Å²) >= 11 is 0. The van der Waals surface area contributed by atoms with Gasteiger partial charge in [0, 0.05) is 6.54 Å². The van der Waals surface area contributed by atoms with Crippen molar-refractivity contribution in [3.05, 3.63) is 29.6 Å². The summed E-state index contributed by atoms with van der Waals surface area (Å²) in [6.45, 7) is 0.500. The van der Waals surface area contributed by atoms with E-state index in [1.807, 2.05) is 0 Å². The van der Waals surface area contributed by atoms with Crippen molar-refractivity contribution in [3.63, 3.8) is 0 Å². The molecule has 1 N–H and O–H groups in total. The van der Waals surface area contributed by atoms with E-state index in [4.69, 9.17) is 4.74 Å². The standard InChI is InChI=1S/C11H14FNO3/c1-15-10-4-3-8(5-9(10)12)6-13-7-11(14)16-2/h3-5,13H,6-7H2,1-2H3. The third kappa shape index (κ3) is 3.51. The summed E-state index contributed by atoms with van der Waals surface area (Å²) in [6, 6.07) is 4.64. The van der Waals surface area contributed by atoms with E-state index in [0.29, 0.717) is 6.54 Å². The Bertz CT molecular complexity index is 368. The van der Waals surface area contributed by atoms with Crippen molar-refractivity contribution in [2.75, 3.05) is 20.8 Å². The SMILES string of the molecule is COC(=O)CNCc1ccc(OC)c(F)c1. The highest BCUT2D eigenvalue weighted by Crippen LogP contribution is 2.17. The monoisotopic (exact) mass is 227 g/mol. The van der Waals surface area contributed by atoms with Gasteiger partial charge in [0.25, 0.3) is 0 Å². The predicted molar refractivity (Wildman–Crippen MR) is 56.7 cm³/mol. The van der Waals surface area contributed by atoms with Crippen molar-refractivity contribution in [2.45, 2.75) is 6.54 Å². The zero-order chi connectivity index (χ0) is 12.0. The highest BCUT2D eigenvalue weighted by Gasteiger charge is 2.04. The summed E-state index contributed by atoms with van der Waals surface area (Å²) in [7, 11) is 2.73. The third-order valence-corrected chi connectivity index (χ3v) is 2.04. The van der Waals surface area contributed by atoms with E-state index < -0.39 is 5.82 Å². The lowest BCUT2D eigenvalue weighted by atomic mass is 10.2. The Morgan fingerprint density at radius 2 is 2.19 bits per heavy atom. The molecule has 0 aliphatic rings. The average Bonchev–Trinajstić information content (AvgIpc) is 2.29. The molecule has 1 rings (SSSR count). The van der Waals surface area contributed by atoms with Crippen LogP contribution < -0.4 is 10.1 Å². The van der Waals surface area contributed by atoms with Gasteiger partial charge in [0.1, 0.15) is 0 Å². The van der Waals surface area contributed by atoms with Gasteiger partial charge in [-0.25, -0.2) is 4.39 Å². The molecule has 0 amide bonds. The Morgan fingerprint density at radius 1 is 1.44 bits per heavy atom. The topological polar surface area (TPSA) is 47.6 Å². The Hall–Kier alpha value is -1.62. The van der Waals surface area contributed by atoms with Crippen molar-refractivity contribution < 1.29 is 18.7 Å². The van der Waals surface area contributed by atoms with Gasteiger partial charge in [-0.05, 0) is 17.7 Å². The van der Waals surface area contributed by atoms with Gasteiger partial charge < -0.3 is 14.8 Å². The molecule has 0 bridgehead atoms. The number of rotatable bonds is 5. The highest BCUT2D eigenvalue weighted by molar-refractivity contribution is 5.71. The van der Waals surface area contributed by atoms with E-state index in [2.05, 4.69) is 10.1 Å². The molecule has 0 saturated carbocycles. The van der Waals surface area contributed by atoms with E-state index in [0.717, 1.165) is 5.56 Å². The minimum absolute atomic E-state index is 0.101. The van der Waals surface area contributed by atoms with Crippen molar-refractivity contribution in [2.24, 2.45) is 0 Å². The van der Waals surface area contributed by atoms with Crippen LogP contribution in [0, 0.1) is 5.82 Å². The molecule has 0 spiro atoms. The fourth-order valence-electron chi connectivity index (χ4n) is 1.20. The number of hydrogen-bond acceptors (Lipinski definition) is 4. The molecule has 0 saturated heterocycles. The van der Waals surface area contributed by atoms with Gasteiger partial charge in [-0.3, -0.25) is 4.79 Å². The highest BCUT2D eigenvalue weighted by atomic mass is 19.1. The lowest BCUT2D eigenvalue weighted by molar-refractivity contribution is -0.139. The summed E-state index contributed by atoms with van der Waals surface area (Å²) in [6.07, 6.45) is 0. The van der Waals surface area contributed by atoms with Gasteiger partial charge in [0.05, 0.1) is 20.8 Å². The van der Waals surface area contributed by atoms with E-state index >= 15 is 0 Å². The molecular formula is C11H14FNO3. The van der Waals surface area contributed by atoms with Gasteiger partial charge in [-0.15, -0.1) is 0 Å². The van der Waals surface area contributed by atoms with Crippen LogP contribution in [0.2, 0.25) is 0 Å². The van der Waals surface area contributed by atoms with Crippen molar-refractivity contribution in [1.82, 2.24) is 5.32 Å². The first kappa shape index (κ1) is 12.4. The van der Waals surface area contributed by atoms with E-state index in [-0.39, 0.29) is 18.3 Å². The molecule has 0 aliphatic carbocycles. The smallest absolute Gasteiger partial charge is 0.319 e. The van der Waals surface area contributed by atoms with Crippen LogP contribution >= 0.6 is 0 Å². The molecule has 4 nitrogen and oxygen atoms in total. The van der Waals surface area contributed by atoms with Crippen LogP contribution in [0.5, 0.6) is 5.75 Å². The predicted octanol–water partition coefficient (Wildman–Crippen LogP) is 1.10. The first-order valence-electron chi connectivity index (χ1n) is 4.77. The van der Waals surface area contributed by atoms with Crippen molar-refractivity contribution >= 4 is 5.97 Å². The zero-order valence-electron chi connectivity index (χ0n) is 9.25. The molecule has 0 unspecified atom stereocenters. The number of halogens is 1. The van der Waals surface area contributed by atoms with Crippen LogP contribution in [-0.4, -0.2) is 26.7 Å². The molecule has 0 aliphatic heterocycles. The minimum atomic E-state index is -0.417. The summed E-state index contributed by atoms with van der Waals surface area (Å²) in [5.41, 5.74) is 0.738. The van der Waals surface area contributed by atoms with Gasteiger partial charge in [-0.1, -0.05) is 6.07 Å². The number of carbonyl (C=O) groups excluding carboxylic acids is 1. The largest absolute Gasteiger partial charge is 0.494 e. The fraction of sp³-hybridized carbons (Fsp3) is 0.364. The van der Waals surface area contributed by atoms with Crippen LogP contribution in [0.3, 0.4) is 0 Å². The molecule has 0 radical (unpaired) electrons. The number of benzene rings is 1. The van der Waals surface area contributed by atoms with Crippen LogP contribution in [0.1, 0.15) is 5.56 Å². The number of hydrogen-bond donors (Lipinski definition) is 1. The van der Waals surface area contributed by atoms with E-state index in [9.17, 15) is 9.18 Å². The van der Waals surface area contributed by atoms with Crippen LogP contribution in [0.25, 0.3) is 0 Å². The maximum absolute atomic E-state index is 13.3. The minimum Gasteiger partial charge on any atom is -0.494 e. The van der Waals surface area contributed by atoms with Crippen molar-refractivity contribution in [3.8, 4) is 5.75 Å². The Balaban J connectivity index is 2.49. The fourth-order valence-corrected chi connectivity index (χ4v) is 1.20. The summed E-state index contributed by atoms with van der Waals surface area (Å²) in [4.78, 5) is 10.8. The van der Waals surface area contributed by atoms with E-state index in [1.54, 1.807) is 12.1 Å². The molecule has 0 atom stereocenters. The van der Waals surface area contributed by atoms with Crippen LogP contribution in [0.4, 0.5) is 4.39 Å². The molecule has 0 fully saturated rings. The van der Waals surface area contributed by atoms with Gasteiger partial charge in [0.2, 0.25) is 0 Å². The van der Waals surface area contributed by atoms with Gasteiger partial charge in [-0.2, -0.15) is 0 Å². The van der Waals surface area contributed by atoms with Crippen molar-refractivity contribution in [1.29, 1.82) is 0 Å². The first-order valence-corrected chi connectivity index (χ1v) is 4.77. The summed E-state index contributed by atoms with van der Waals surface area (Å²) in [5.74, 6) is -0.564. The van der Waals surface area contributed by atoms with Gasteiger partial charge >= 0.3 is 5.97 Å². The Morgan fingerprint density at radius 3 is 2.75 bits per heavy atom. The molecular weight excluding hydrogens is 213 g/mol. The maximum Gasteiger partial charge on any atom is 0.319 e. The average molecular weight is 227 g/mol.